The molecule has 3 heterocycles. The predicted octanol–water partition coefficient (Wildman–Crippen LogP) is 4.90. The van der Waals surface area contributed by atoms with Crippen LogP contribution in [0.2, 0.25) is 0 Å². The van der Waals surface area contributed by atoms with Crippen molar-refractivity contribution in [3.63, 3.8) is 0 Å². The van der Waals surface area contributed by atoms with Gasteiger partial charge in [-0.25, -0.2) is 4.98 Å². The molecule has 5 rings (SSSR count). The molecule has 0 radical (unpaired) electrons. The number of imidazole rings is 1. The molecule has 190 valence electrons. The molecule has 1 aliphatic rings. The first-order chi connectivity index (χ1) is 18.1. The summed E-state index contributed by atoms with van der Waals surface area (Å²) in [6, 6.07) is 18.8. The van der Waals surface area contributed by atoms with E-state index in [1.54, 1.807) is 36.3 Å². The maximum atomic E-state index is 12.5. The fraction of sp³-hybridized carbons (Fsp3) is 0.250. The number of hydrogen-bond acceptors (Lipinski definition) is 7. The zero-order valence-electron chi connectivity index (χ0n) is 20.4. The Bertz CT molecular complexity index is 1310. The number of anilines is 1. The Morgan fingerprint density at radius 2 is 1.86 bits per heavy atom. The Labute approximate surface area is 219 Å². The summed E-state index contributed by atoms with van der Waals surface area (Å²) in [6.07, 6.45) is 6.79. The molecule has 0 saturated carbocycles. The van der Waals surface area contributed by atoms with E-state index in [0.717, 1.165) is 27.6 Å². The van der Waals surface area contributed by atoms with Crippen molar-refractivity contribution in [2.45, 2.75) is 36.7 Å². The van der Waals surface area contributed by atoms with Gasteiger partial charge in [-0.2, -0.15) is 0 Å². The number of ether oxygens (including phenoxy) is 2. The van der Waals surface area contributed by atoms with Gasteiger partial charge >= 0.3 is 0 Å². The largest absolute Gasteiger partial charge is 0.392 e. The Balaban J connectivity index is 1.31. The molecule has 2 aromatic heterocycles. The summed E-state index contributed by atoms with van der Waals surface area (Å²) in [6.45, 7) is 0.00411. The van der Waals surface area contributed by atoms with E-state index in [9.17, 15) is 9.90 Å². The lowest BCUT2D eigenvalue weighted by atomic mass is 10.0. The summed E-state index contributed by atoms with van der Waals surface area (Å²) in [5.41, 5.74) is 3.93. The number of hydrogen-bond donors (Lipinski definition) is 2. The number of benzene rings is 2. The number of carbonyl (C=O) groups is 1. The molecule has 2 N–H and O–H groups in total. The molecular formula is C28H28N4O4S. The van der Waals surface area contributed by atoms with Crippen LogP contribution in [0.25, 0.3) is 0 Å². The van der Waals surface area contributed by atoms with Crippen LogP contribution in [0.5, 0.6) is 0 Å². The number of nitrogens with zero attached hydrogens (tertiary/aromatic N) is 3. The van der Waals surface area contributed by atoms with Crippen molar-refractivity contribution in [3.8, 4) is 0 Å². The number of thioether (sulfide) groups is 1. The number of aromatic nitrogens is 3. The number of rotatable bonds is 8. The van der Waals surface area contributed by atoms with Crippen molar-refractivity contribution in [1.29, 1.82) is 0 Å². The SMILES string of the molecule is Cn1ccnc1SC[C@@H]1C[C@H](c2ccc(CO)cc2)O[C@H](c2ccc(NC(=O)c3cccnc3)cc2)O1. The highest BCUT2D eigenvalue weighted by Gasteiger charge is 2.32. The number of pyridine rings is 1. The van der Waals surface area contributed by atoms with Gasteiger partial charge in [0.2, 0.25) is 0 Å². The van der Waals surface area contributed by atoms with Gasteiger partial charge in [-0.3, -0.25) is 9.78 Å². The summed E-state index contributed by atoms with van der Waals surface area (Å²) in [5.74, 6) is 0.513. The minimum Gasteiger partial charge on any atom is -0.392 e. The van der Waals surface area contributed by atoms with Crippen LogP contribution in [0.1, 0.15) is 45.9 Å². The Hall–Kier alpha value is -3.50. The van der Waals surface area contributed by atoms with E-state index in [-0.39, 0.29) is 24.7 Å². The molecule has 4 aromatic rings. The first kappa shape index (κ1) is 25.2. The Morgan fingerprint density at radius 1 is 1.08 bits per heavy atom. The van der Waals surface area contributed by atoms with Crippen molar-refractivity contribution < 1.29 is 19.4 Å². The molecule has 0 spiro atoms. The fourth-order valence-electron chi connectivity index (χ4n) is 4.11. The number of amides is 1. The molecule has 2 aromatic carbocycles. The van der Waals surface area contributed by atoms with Crippen LogP contribution >= 0.6 is 11.8 Å². The van der Waals surface area contributed by atoms with E-state index in [1.165, 1.54) is 6.20 Å². The summed E-state index contributed by atoms with van der Waals surface area (Å²) < 4.78 is 14.8. The first-order valence-corrected chi connectivity index (χ1v) is 13.0. The Morgan fingerprint density at radius 3 is 2.54 bits per heavy atom. The zero-order chi connectivity index (χ0) is 25.6. The third kappa shape index (κ3) is 6.26. The van der Waals surface area contributed by atoms with Crippen molar-refractivity contribution in [1.82, 2.24) is 14.5 Å². The lowest BCUT2D eigenvalue weighted by Gasteiger charge is -2.36. The summed E-state index contributed by atoms with van der Waals surface area (Å²) >= 11 is 1.65. The smallest absolute Gasteiger partial charge is 0.257 e. The van der Waals surface area contributed by atoms with E-state index in [0.29, 0.717) is 17.7 Å². The monoisotopic (exact) mass is 516 g/mol. The third-order valence-corrected chi connectivity index (χ3v) is 7.34. The molecule has 1 aliphatic heterocycles. The van der Waals surface area contributed by atoms with Gasteiger partial charge in [-0.05, 0) is 35.4 Å². The minimum atomic E-state index is -0.564. The van der Waals surface area contributed by atoms with Gasteiger partial charge in [0.15, 0.2) is 11.4 Å². The van der Waals surface area contributed by atoms with Gasteiger partial charge in [-0.1, -0.05) is 48.2 Å². The lowest BCUT2D eigenvalue weighted by molar-refractivity contribution is -0.245. The highest BCUT2D eigenvalue weighted by Crippen LogP contribution is 2.39. The summed E-state index contributed by atoms with van der Waals surface area (Å²) in [5, 5.41) is 13.2. The van der Waals surface area contributed by atoms with Crippen LogP contribution in [-0.4, -0.2) is 37.4 Å². The lowest BCUT2D eigenvalue weighted by Crippen LogP contribution is -2.31. The normalized spacial score (nSPS) is 19.5. The quantitative estimate of drug-likeness (QED) is 0.322. The molecule has 1 amide bonds. The predicted molar refractivity (Wildman–Crippen MR) is 141 cm³/mol. The second-order valence-electron chi connectivity index (χ2n) is 8.80. The van der Waals surface area contributed by atoms with Crippen molar-refractivity contribution in [2.24, 2.45) is 7.05 Å². The number of aliphatic hydroxyl groups is 1. The molecular weight excluding hydrogens is 488 g/mol. The highest BCUT2D eigenvalue weighted by atomic mass is 32.2. The zero-order valence-corrected chi connectivity index (χ0v) is 21.2. The van der Waals surface area contributed by atoms with Gasteiger partial charge in [-0.15, -0.1) is 0 Å². The third-order valence-electron chi connectivity index (χ3n) is 6.15. The standard InChI is InChI=1S/C28H28N4O4S/c1-32-14-13-30-28(32)37-18-24-15-25(20-6-4-19(17-33)5-7-20)36-27(35-24)21-8-10-23(11-9-21)31-26(34)22-3-2-12-29-16-22/h2-14,16,24-25,27,33H,15,17-18H2,1H3,(H,31,34)/t24-,25+,27+/m0/s1. The van der Waals surface area contributed by atoms with Crippen molar-refractivity contribution in [2.75, 3.05) is 11.1 Å². The Kier molecular flexibility index (Phi) is 7.96. The maximum absolute atomic E-state index is 12.5. The number of nitrogens with one attached hydrogen (secondary N) is 1. The van der Waals surface area contributed by atoms with Crippen molar-refractivity contribution in [3.05, 3.63) is 108 Å². The molecule has 1 fully saturated rings. The van der Waals surface area contributed by atoms with Crippen molar-refractivity contribution >= 4 is 23.4 Å². The molecule has 0 aliphatic carbocycles. The van der Waals surface area contributed by atoms with Gasteiger partial charge in [0.05, 0.1) is 24.4 Å². The molecule has 0 bridgehead atoms. The van der Waals surface area contributed by atoms with Gasteiger partial charge in [0.25, 0.3) is 5.91 Å². The number of carbonyl (C=O) groups excluding carboxylic acids is 1. The number of aliphatic hydroxyl groups excluding tert-OH is 1. The molecule has 3 atom stereocenters. The summed E-state index contributed by atoms with van der Waals surface area (Å²) in [7, 11) is 1.98. The van der Waals surface area contributed by atoms with Gasteiger partial charge in [0.1, 0.15) is 0 Å². The minimum absolute atomic E-state index is 0.00411. The molecule has 37 heavy (non-hydrogen) atoms. The highest BCUT2D eigenvalue weighted by molar-refractivity contribution is 7.99. The van der Waals surface area contributed by atoms with E-state index in [2.05, 4.69) is 15.3 Å². The molecule has 1 saturated heterocycles. The fourth-order valence-corrected chi connectivity index (χ4v) is 5.05. The summed E-state index contributed by atoms with van der Waals surface area (Å²) in [4.78, 5) is 20.9. The van der Waals surface area contributed by atoms with Crippen LogP contribution in [0.15, 0.2) is 90.6 Å². The van der Waals surface area contributed by atoms with Crippen LogP contribution < -0.4 is 5.32 Å². The maximum Gasteiger partial charge on any atom is 0.257 e. The molecule has 0 unspecified atom stereocenters. The van der Waals surface area contributed by atoms with E-state index in [1.807, 2.05) is 66.3 Å². The average Bonchev–Trinajstić information content (AvgIpc) is 3.37. The first-order valence-electron chi connectivity index (χ1n) is 12.0. The average molecular weight is 517 g/mol. The second kappa shape index (κ2) is 11.7. The topological polar surface area (TPSA) is 98.5 Å². The van der Waals surface area contributed by atoms with E-state index >= 15 is 0 Å². The van der Waals surface area contributed by atoms with Crippen LogP contribution in [0, 0.1) is 0 Å². The van der Waals surface area contributed by atoms with Gasteiger partial charge in [0, 0.05) is 55.3 Å². The molecule has 8 nitrogen and oxygen atoms in total. The van der Waals surface area contributed by atoms with Crippen LogP contribution in [0.3, 0.4) is 0 Å². The van der Waals surface area contributed by atoms with Crippen LogP contribution in [0.4, 0.5) is 5.69 Å². The number of aryl methyl sites for hydroxylation is 1. The molecule has 9 heteroatoms. The van der Waals surface area contributed by atoms with E-state index < -0.39 is 6.29 Å². The van der Waals surface area contributed by atoms with Gasteiger partial charge < -0.3 is 24.5 Å². The van der Waals surface area contributed by atoms with Crippen LogP contribution in [-0.2, 0) is 23.1 Å². The van der Waals surface area contributed by atoms with E-state index in [4.69, 9.17) is 9.47 Å². The second-order valence-corrected chi connectivity index (χ2v) is 9.79.